The lowest BCUT2D eigenvalue weighted by molar-refractivity contribution is 0.507. The average Bonchev–Trinajstić information content (AvgIpc) is 2.59. The molecule has 2 aliphatic carbocycles. The summed E-state index contributed by atoms with van der Waals surface area (Å²) >= 11 is 11.2. The van der Waals surface area contributed by atoms with Crippen molar-refractivity contribution in [1.29, 1.82) is 0 Å². The van der Waals surface area contributed by atoms with Gasteiger partial charge in [0.2, 0.25) is 0 Å². The van der Waals surface area contributed by atoms with E-state index in [0.29, 0.717) is 0 Å². The minimum absolute atomic E-state index is 0.217. The van der Waals surface area contributed by atoms with Crippen LogP contribution in [-0.2, 0) is 0 Å². The average molecular weight is 307 g/mol. The molecule has 0 aliphatic heterocycles. The summed E-state index contributed by atoms with van der Waals surface area (Å²) in [6.07, 6.45) is 4.19. The molecule has 1 nitrogen and oxygen atoms in total. The van der Waals surface area contributed by atoms with Gasteiger partial charge in [0, 0.05) is 10.9 Å². The normalized spacial score (nSPS) is 35.3. The smallest absolute Gasteiger partial charge is 0.0887 e. The van der Waals surface area contributed by atoms with E-state index in [2.05, 4.69) is 15.9 Å². The van der Waals surface area contributed by atoms with Crippen LogP contribution in [0, 0.1) is 17.8 Å². The highest BCUT2D eigenvalue weighted by atomic mass is 79.9. The Morgan fingerprint density at radius 1 is 1.47 bits per heavy atom. The predicted molar refractivity (Wildman–Crippen MR) is 68.3 cm³/mol. The van der Waals surface area contributed by atoms with Crippen LogP contribution in [0.15, 0.2) is 9.85 Å². The monoisotopic (exact) mass is 305 g/mol. The highest BCUT2D eigenvalue weighted by molar-refractivity contribution is 9.11. The van der Waals surface area contributed by atoms with E-state index in [1.54, 1.807) is 11.3 Å². The second kappa shape index (κ2) is 3.73. The minimum atomic E-state index is 0.217. The molecule has 4 heteroatoms. The Morgan fingerprint density at radius 3 is 2.67 bits per heavy atom. The maximum absolute atomic E-state index is 6.30. The maximum Gasteiger partial charge on any atom is 0.0887 e. The van der Waals surface area contributed by atoms with E-state index in [0.717, 1.165) is 26.6 Å². The molecule has 2 N–H and O–H groups in total. The molecular formula is C11H13BrClNS. The largest absolute Gasteiger partial charge is 0.323 e. The lowest BCUT2D eigenvalue weighted by Gasteiger charge is -2.11. The quantitative estimate of drug-likeness (QED) is 0.870. The molecule has 0 amide bonds. The zero-order valence-electron chi connectivity index (χ0n) is 8.25. The Kier molecular flexibility index (Phi) is 2.63. The van der Waals surface area contributed by atoms with Gasteiger partial charge in [-0.1, -0.05) is 18.0 Å². The van der Waals surface area contributed by atoms with Crippen LogP contribution in [0.25, 0.3) is 0 Å². The van der Waals surface area contributed by atoms with E-state index in [-0.39, 0.29) is 6.04 Å². The summed E-state index contributed by atoms with van der Waals surface area (Å²) in [5, 5.41) is 0.802. The Balaban J connectivity index is 1.77. The third-order valence-corrected chi connectivity index (χ3v) is 6.46. The van der Waals surface area contributed by atoms with Gasteiger partial charge in [0.05, 0.1) is 8.81 Å². The van der Waals surface area contributed by atoms with Gasteiger partial charge in [0.25, 0.3) is 0 Å². The van der Waals surface area contributed by atoms with Gasteiger partial charge in [-0.25, -0.2) is 0 Å². The molecule has 1 heterocycles. The molecule has 3 atom stereocenters. The van der Waals surface area contributed by atoms with Crippen molar-refractivity contribution in [2.24, 2.45) is 23.5 Å². The van der Waals surface area contributed by atoms with Crippen LogP contribution in [0.5, 0.6) is 0 Å². The van der Waals surface area contributed by atoms with Gasteiger partial charge in [-0.05, 0) is 52.6 Å². The number of rotatable bonds is 2. The van der Waals surface area contributed by atoms with Gasteiger partial charge in [-0.3, -0.25) is 0 Å². The number of thiophene rings is 1. The molecule has 0 saturated heterocycles. The van der Waals surface area contributed by atoms with Gasteiger partial charge in [-0.15, -0.1) is 11.3 Å². The first-order chi connectivity index (χ1) is 7.18. The molecule has 0 aromatic carbocycles. The molecular weight excluding hydrogens is 294 g/mol. The molecule has 2 aliphatic rings. The van der Waals surface area contributed by atoms with Gasteiger partial charge < -0.3 is 5.73 Å². The van der Waals surface area contributed by atoms with E-state index in [1.165, 1.54) is 24.1 Å². The third kappa shape index (κ3) is 1.68. The lowest BCUT2D eigenvalue weighted by atomic mass is 10.0. The first-order valence-electron chi connectivity index (χ1n) is 5.39. The number of hydrogen-bond acceptors (Lipinski definition) is 2. The van der Waals surface area contributed by atoms with Gasteiger partial charge in [0.1, 0.15) is 0 Å². The Hall–Kier alpha value is 0.430. The van der Waals surface area contributed by atoms with Crippen LogP contribution in [0.1, 0.15) is 30.2 Å². The van der Waals surface area contributed by atoms with Crippen LogP contribution in [0.3, 0.4) is 0 Å². The highest BCUT2D eigenvalue weighted by Gasteiger charge is 2.55. The summed E-state index contributed by atoms with van der Waals surface area (Å²) in [5.41, 5.74) is 6.30. The van der Waals surface area contributed by atoms with Crippen molar-refractivity contribution < 1.29 is 0 Å². The lowest BCUT2D eigenvalue weighted by Crippen LogP contribution is -2.13. The van der Waals surface area contributed by atoms with Crippen LogP contribution in [-0.4, -0.2) is 0 Å². The van der Waals surface area contributed by atoms with E-state index in [9.17, 15) is 0 Å². The Morgan fingerprint density at radius 2 is 2.13 bits per heavy atom. The van der Waals surface area contributed by atoms with Crippen LogP contribution >= 0.6 is 38.9 Å². The molecule has 1 aromatic rings. The molecule has 0 radical (unpaired) electrons. The standard InChI is InChI=1S/C11H13BrClNS/c12-11-7(13)4-8(15-11)10(14)9-5-2-1-3-6(5)9/h4-6,9-10H,1-3,14H2. The zero-order valence-corrected chi connectivity index (χ0v) is 11.4. The SMILES string of the molecule is NC(c1cc(Cl)c(Br)s1)C1C2CCCC21. The van der Waals surface area contributed by atoms with Gasteiger partial charge in [0.15, 0.2) is 0 Å². The molecule has 1 aromatic heterocycles. The second-order valence-electron chi connectivity index (χ2n) is 4.63. The maximum atomic E-state index is 6.30. The minimum Gasteiger partial charge on any atom is -0.323 e. The number of nitrogens with two attached hydrogens (primary N) is 1. The third-order valence-electron chi connectivity index (χ3n) is 3.88. The molecule has 15 heavy (non-hydrogen) atoms. The highest BCUT2D eigenvalue weighted by Crippen LogP contribution is 2.62. The molecule has 3 unspecified atom stereocenters. The van der Waals surface area contributed by atoms with E-state index in [1.807, 2.05) is 6.07 Å². The fourth-order valence-corrected chi connectivity index (χ4v) is 4.93. The zero-order chi connectivity index (χ0) is 10.6. The summed E-state index contributed by atoms with van der Waals surface area (Å²) < 4.78 is 1.01. The fraction of sp³-hybridized carbons (Fsp3) is 0.636. The van der Waals surface area contributed by atoms with Gasteiger partial charge in [-0.2, -0.15) is 0 Å². The number of fused-ring (bicyclic) bond motifs is 1. The van der Waals surface area contributed by atoms with Crippen molar-refractivity contribution in [3.63, 3.8) is 0 Å². The van der Waals surface area contributed by atoms with Crippen LogP contribution < -0.4 is 5.73 Å². The van der Waals surface area contributed by atoms with E-state index < -0.39 is 0 Å². The fourth-order valence-electron chi connectivity index (χ4n) is 3.13. The number of halogens is 2. The first-order valence-corrected chi connectivity index (χ1v) is 7.37. The molecule has 0 bridgehead atoms. The van der Waals surface area contributed by atoms with Crippen molar-refractivity contribution in [2.45, 2.75) is 25.3 Å². The topological polar surface area (TPSA) is 26.0 Å². The van der Waals surface area contributed by atoms with Crippen molar-refractivity contribution in [3.05, 3.63) is 19.8 Å². The van der Waals surface area contributed by atoms with Crippen molar-refractivity contribution in [2.75, 3.05) is 0 Å². The summed E-state index contributed by atoms with van der Waals surface area (Å²) in [7, 11) is 0. The van der Waals surface area contributed by atoms with Crippen molar-refractivity contribution in [1.82, 2.24) is 0 Å². The molecule has 3 rings (SSSR count). The Labute approximate surface area is 107 Å². The van der Waals surface area contributed by atoms with Crippen LogP contribution in [0.4, 0.5) is 0 Å². The van der Waals surface area contributed by atoms with Gasteiger partial charge >= 0.3 is 0 Å². The summed E-state index contributed by atoms with van der Waals surface area (Å²) in [5.74, 6) is 2.57. The molecule has 82 valence electrons. The molecule has 2 fully saturated rings. The van der Waals surface area contributed by atoms with Crippen LogP contribution in [0.2, 0.25) is 5.02 Å². The van der Waals surface area contributed by atoms with E-state index >= 15 is 0 Å². The summed E-state index contributed by atoms with van der Waals surface area (Å²) in [6.45, 7) is 0. The Bertz CT molecular complexity index is 362. The number of hydrogen-bond donors (Lipinski definition) is 1. The molecule has 0 spiro atoms. The molecule has 2 saturated carbocycles. The predicted octanol–water partition coefficient (Wildman–Crippen LogP) is 4.21. The second-order valence-corrected chi connectivity index (χ2v) is 7.44. The van der Waals surface area contributed by atoms with E-state index in [4.69, 9.17) is 17.3 Å². The van der Waals surface area contributed by atoms with Crippen molar-refractivity contribution >= 4 is 38.9 Å². The summed E-state index contributed by atoms with van der Waals surface area (Å²) in [6, 6.07) is 2.24. The summed E-state index contributed by atoms with van der Waals surface area (Å²) in [4.78, 5) is 1.24. The first kappa shape index (κ1) is 10.6. The van der Waals surface area contributed by atoms with Crippen molar-refractivity contribution in [3.8, 4) is 0 Å².